The van der Waals surface area contributed by atoms with E-state index in [1.807, 2.05) is 11.8 Å². The third-order valence-corrected chi connectivity index (χ3v) is 3.94. The Bertz CT molecular complexity index is 371. The summed E-state index contributed by atoms with van der Waals surface area (Å²) in [5, 5.41) is 3.44. The van der Waals surface area contributed by atoms with Gasteiger partial charge in [0.15, 0.2) is 0 Å². The van der Waals surface area contributed by atoms with Crippen LogP contribution in [0.2, 0.25) is 0 Å². The Balaban J connectivity index is 2.40. The van der Waals surface area contributed by atoms with Crippen LogP contribution in [0.25, 0.3) is 0 Å². The lowest BCUT2D eigenvalue weighted by atomic mass is 10.2. The molecule has 1 aromatic rings. The Morgan fingerprint density at radius 2 is 2.16 bits per heavy atom. The van der Waals surface area contributed by atoms with E-state index < -0.39 is 0 Å². The summed E-state index contributed by atoms with van der Waals surface area (Å²) in [4.78, 5) is 0. The van der Waals surface area contributed by atoms with Gasteiger partial charge in [0, 0.05) is 6.54 Å². The van der Waals surface area contributed by atoms with Gasteiger partial charge in [-0.3, -0.25) is 0 Å². The predicted molar refractivity (Wildman–Crippen MR) is 89.2 cm³/mol. The van der Waals surface area contributed by atoms with Crippen molar-refractivity contribution >= 4 is 27.7 Å². The minimum atomic E-state index is 0.683. The predicted octanol–water partition coefficient (Wildman–Crippen LogP) is 4.33. The van der Waals surface area contributed by atoms with Crippen LogP contribution in [-0.4, -0.2) is 25.2 Å². The van der Waals surface area contributed by atoms with Crippen molar-refractivity contribution in [3.63, 3.8) is 0 Å². The van der Waals surface area contributed by atoms with E-state index in [4.69, 9.17) is 4.74 Å². The molecular weight excluding hydrogens is 322 g/mol. The second kappa shape index (κ2) is 9.67. The van der Waals surface area contributed by atoms with Crippen LogP contribution in [-0.2, 0) is 6.54 Å². The minimum absolute atomic E-state index is 0.683. The van der Waals surface area contributed by atoms with E-state index in [0.29, 0.717) is 5.92 Å². The van der Waals surface area contributed by atoms with E-state index in [1.54, 1.807) is 0 Å². The average Bonchev–Trinajstić information content (AvgIpc) is 2.36. The fourth-order valence-electron chi connectivity index (χ4n) is 1.66. The Hall–Kier alpha value is -0.190. The molecular formula is C15H24BrNOS. The van der Waals surface area contributed by atoms with Crippen molar-refractivity contribution in [2.75, 3.05) is 25.2 Å². The fraction of sp³-hybridized carbons (Fsp3) is 0.600. The molecule has 0 amide bonds. The first-order valence-electron chi connectivity index (χ1n) is 6.74. The van der Waals surface area contributed by atoms with Crippen LogP contribution in [0.15, 0.2) is 22.7 Å². The molecule has 4 heteroatoms. The van der Waals surface area contributed by atoms with Gasteiger partial charge in [-0.05, 0) is 64.5 Å². The van der Waals surface area contributed by atoms with Crippen LogP contribution in [0.4, 0.5) is 0 Å². The standard InChI is InChI=1S/C15H24BrNOS/c1-12(2)10-17-11-13-5-6-15(14(16)9-13)18-7-4-8-19-3/h5-6,9,12,17H,4,7-8,10-11H2,1-3H3. The van der Waals surface area contributed by atoms with Gasteiger partial charge in [0.25, 0.3) is 0 Å². The highest BCUT2D eigenvalue weighted by molar-refractivity contribution is 9.10. The quantitative estimate of drug-likeness (QED) is 0.673. The maximum Gasteiger partial charge on any atom is 0.133 e. The van der Waals surface area contributed by atoms with Gasteiger partial charge >= 0.3 is 0 Å². The van der Waals surface area contributed by atoms with Crippen molar-refractivity contribution < 1.29 is 4.74 Å². The molecule has 0 unspecified atom stereocenters. The Morgan fingerprint density at radius 1 is 1.37 bits per heavy atom. The molecule has 0 spiro atoms. The lowest BCUT2D eigenvalue weighted by Crippen LogP contribution is -2.18. The third kappa shape index (κ3) is 7.23. The molecule has 0 heterocycles. The Labute approximate surface area is 129 Å². The molecule has 0 saturated carbocycles. The number of hydrogen-bond acceptors (Lipinski definition) is 3. The zero-order valence-electron chi connectivity index (χ0n) is 12.0. The molecule has 0 radical (unpaired) electrons. The van der Waals surface area contributed by atoms with E-state index in [1.165, 1.54) is 5.56 Å². The second-order valence-corrected chi connectivity index (χ2v) is 6.82. The van der Waals surface area contributed by atoms with Crippen LogP contribution in [0.1, 0.15) is 25.8 Å². The molecule has 1 rings (SSSR count). The van der Waals surface area contributed by atoms with E-state index in [2.05, 4.69) is 59.5 Å². The zero-order chi connectivity index (χ0) is 14.1. The lowest BCUT2D eigenvalue weighted by Gasteiger charge is -2.11. The fourth-order valence-corrected chi connectivity index (χ4v) is 2.61. The van der Waals surface area contributed by atoms with Gasteiger partial charge in [-0.1, -0.05) is 19.9 Å². The van der Waals surface area contributed by atoms with Crippen molar-refractivity contribution in [1.29, 1.82) is 0 Å². The van der Waals surface area contributed by atoms with Crippen molar-refractivity contribution in [2.24, 2.45) is 5.92 Å². The SMILES string of the molecule is CSCCCOc1ccc(CNCC(C)C)cc1Br. The smallest absolute Gasteiger partial charge is 0.133 e. The summed E-state index contributed by atoms with van der Waals surface area (Å²) in [5.74, 6) is 2.77. The molecule has 0 aliphatic carbocycles. The number of thioether (sulfide) groups is 1. The van der Waals surface area contributed by atoms with Crippen molar-refractivity contribution in [1.82, 2.24) is 5.32 Å². The Kier molecular flexibility index (Phi) is 8.58. The summed E-state index contributed by atoms with van der Waals surface area (Å²) in [7, 11) is 0. The van der Waals surface area contributed by atoms with Crippen molar-refractivity contribution in [3.05, 3.63) is 28.2 Å². The topological polar surface area (TPSA) is 21.3 Å². The van der Waals surface area contributed by atoms with Gasteiger partial charge in [-0.2, -0.15) is 11.8 Å². The van der Waals surface area contributed by atoms with E-state index in [0.717, 1.165) is 42.1 Å². The molecule has 0 atom stereocenters. The number of hydrogen-bond donors (Lipinski definition) is 1. The number of rotatable bonds is 9. The van der Waals surface area contributed by atoms with Gasteiger partial charge in [-0.15, -0.1) is 0 Å². The first-order valence-corrected chi connectivity index (χ1v) is 8.93. The second-order valence-electron chi connectivity index (χ2n) is 4.98. The van der Waals surface area contributed by atoms with Crippen LogP contribution >= 0.6 is 27.7 Å². The van der Waals surface area contributed by atoms with Gasteiger partial charge in [0.05, 0.1) is 11.1 Å². The van der Waals surface area contributed by atoms with Crippen LogP contribution < -0.4 is 10.1 Å². The molecule has 0 fully saturated rings. The van der Waals surface area contributed by atoms with E-state index >= 15 is 0 Å². The molecule has 108 valence electrons. The minimum Gasteiger partial charge on any atom is -0.492 e. The first-order chi connectivity index (χ1) is 9.13. The summed E-state index contributed by atoms with van der Waals surface area (Å²) in [6, 6.07) is 6.31. The number of halogens is 1. The summed E-state index contributed by atoms with van der Waals surface area (Å²) in [6.45, 7) is 7.17. The molecule has 0 aliphatic heterocycles. The number of benzene rings is 1. The lowest BCUT2D eigenvalue weighted by molar-refractivity contribution is 0.316. The molecule has 1 aromatic carbocycles. The molecule has 2 nitrogen and oxygen atoms in total. The number of nitrogens with one attached hydrogen (secondary N) is 1. The van der Waals surface area contributed by atoms with Gasteiger partial charge in [-0.25, -0.2) is 0 Å². The normalized spacial score (nSPS) is 11.0. The van der Waals surface area contributed by atoms with Crippen LogP contribution in [0.5, 0.6) is 5.75 Å². The highest BCUT2D eigenvalue weighted by atomic mass is 79.9. The number of ether oxygens (including phenoxy) is 1. The molecule has 0 saturated heterocycles. The van der Waals surface area contributed by atoms with Crippen LogP contribution in [0, 0.1) is 5.92 Å². The highest BCUT2D eigenvalue weighted by Gasteiger charge is 2.03. The van der Waals surface area contributed by atoms with Gasteiger partial charge in [0.1, 0.15) is 5.75 Å². The van der Waals surface area contributed by atoms with Crippen molar-refractivity contribution in [2.45, 2.75) is 26.8 Å². The molecule has 1 N–H and O–H groups in total. The van der Waals surface area contributed by atoms with Gasteiger partial charge in [0.2, 0.25) is 0 Å². The summed E-state index contributed by atoms with van der Waals surface area (Å²) in [6.07, 6.45) is 3.21. The largest absolute Gasteiger partial charge is 0.492 e. The molecule has 19 heavy (non-hydrogen) atoms. The Morgan fingerprint density at radius 3 is 2.79 bits per heavy atom. The van der Waals surface area contributed by atoms with E-state index in [-0.39, 0.29) is 0 Å². The van der Waals surface area contributed by atoms with Crippen LogP contribution in [0.3, 0.4) is 0 Å². The summed E-state index contributed by atoms with van der Waals surface area (Å²) >= 11 is 5.43. The van der Waals surface area contributed by atoms with Gasteiger partial charge < -0.3 is 10.1 Å². The molecule has 0 aromatic heterocycles. The maximum atomic E-state index is 5.76. The highest BCUT2D eigenvalue weighted by Crippen LogP contribution is 2.26. The summed E-state index contributed by atoms with van der Waals surface area (Å²) in [5.41, 5.74) is 1.28. The molecule has 0 bridgehead atoms. The average molecular weight is 346 g/mol. The third-order valence-electron chi connectivity index (χ3n) is 2.63. The summed E-state index contributed by atoms with van der Waals surface area (Å²) < 4.78 is 6.80. The molecule has 0 aliphatic rings. The first kappa shape index (κ1) is 16.9. The zero-order valence-corrected chi connectivity index (χ0v) is 14.4. The van der Waals surface area contributed by atoms with Crippen molar-refractivity contribution in [3.8, 4) is 5.75 Å². The maximum absolute atomic E-state index is 5.76. The van der Waals surface area contributed by atoms with E-state index in [9.17, 15) is 0 Å². The monoisotopic (exact) mass is 345 g/mol.